The number of hydrogen-bond acceptors (Lipinski definition) is 5. The van der Waals surface area contributed by atoms with E-state index in [1.54, 1.807) is 12.1 Å². The molecule has 0 fully saturated rings. The molecule has 1 atom stereocenters. The largest absolute Gasteiger partial charge is 0.496 e. The smallest absolute Gasteiger partial charge is 0.228 e. The molecule has 0 aliphatic carbocycles. The Morgan fingerprint density at radius 2 is 1.79 bits per heavy atom. The van der Waals surface area contributed by atoms with Gasteiger partial charge >= 0.3 is 0 Å². The van der Waals surface area contributed by atoms with Crippen molar-refractivity contribution in [3.8, 4) is 17.2 Å². The number of carbonyl (C=O) groups is 2. The molecule has 0 aromatic heterocycles. The second-order valence-electron chi connectivity index (χ2n) is 6.27. The molecule has 0 saturated carbocycles. The van der Waals surface area contributed by atoms with Crippen LogP contribution < -0.4 is 24.8 Å². The Morgan fingerprint density at radius 1 is 1.11 bits per heavy atom. The molecule has 0 bridgehead atoms. The summed E-state index contributed by atoms with van der Waals surface area (Å²) in [7, 11) is 4.55. The van der Waals surface area contributed by atoms with Crippen LogP contribution in [0.5, 0.6) is 17.2 Å². The summed E-state index contributed by atoms with van der Waals surface area (Å²) >= 11 is 0. The van der Waals surface area contributed by atoms with Crippen molar-refractivity contribution in [1.29, 1.82) is 0 Å². The number of fused-ring (bicyclic) bond motifs is 1. The van der Waals surface area contributed by atoms with Crippen LogP contribution in [0.3, 0.4) is 0 Å². The molecule has 2 aromatic carbocycles. The summed E-state index contributed by atoms with van der Waals surface area (Å²) in [4.78, 5) is 24.7. The first-order valence-electron chi connectivity index (χ1n) is 8.62. The van der Waals surface area contributed by atoms with Gasteiger partial charge in [0.15, 0.2) is 11.5 Å². The second kappa shape index (κ2) is 8.16. The zero-order valence-corrected chi connectivity index (χ0v) is 15.8. The van der Waals surface area contributed by atoms with Crippen molar-refractivity contribution in [3.63, 3.8) is 0 Å². The predicted octanol–water partition coefficient (Wildman–Crippen LogP) is 2.59. The summed E-state index contributed by atoms with van der Waals surface area (Å²) in [6, 6.07) is 7.39. The average molecular weight is 388 g/mol. The quantitative estimate of drug-likeness (QED) is 0.795. The first-order valence-corrected chi connectivity index (χ1v) is 8.62. The van der Waals surface area contributed by atoms with Crippen molar-refractivity contribution in [1.82, 2.24) is 5.32 Å². The van der Waals surface area contributed by atoms with Crippen molar-refractivity contribution in [2.75, 3.05) is 26.6 Å². The normalized spacial score (nSPS) is 15.3. The highest BCUT2D eigenvalue weighted by molar-refractivity contribution is 6.01. The van der Waals surface area contributed by atoms with E-state index in [1.165, 1.54) is 39.5 Å². The first-order chi connectivity index (χ1) is 13.5. The monoisotopic (exact) mass is 388 g/mol. The Kier molecular flexibility index (Phi) is 5.67. The Bertz CT molecular complexity index is 916. The van der Waals surface area contributed by atoms with E-state index in [9.17, 15) is 14.0 Å². The van der Waals surface area contributed by atoms with Crippen LogP contribution in [0.1, 0.15) is 23.5 Å². The maximum atomic E-state index is 13.4. The van der Waals surface area contributed by atoms with E-state index in [0.29, 0.717) is 34.1 Å². The first kappa shape index (κ1) is 19.5. The lowest BCUT2D eigenvalue weighted by molar-refractivity contribution is -0.126. The highest BCUT2D eigenvalue weighted by atomic mass is 19.1. The SMILES string of the molecule is COc1cc(OC)c(OC)cc1CNC(=O)[C@@H]1CC(=O)Nc2cc(F)ccc21. The highest BCUT2D eigenvalue weighted by Crippen LogP contribution is 2.35. The van der Waals surface area contributed by atoms with E-state index < -0.39 is 11.7 Å². The third kappa shape index (κ3) is 3.85. The number of ether oxygens (including phenoxy) is 3. The third-order valence-corrected chi connectivity index (χ3v) is 4.61. The Morgan fingerprint density at radius 3 is 2.46 bits per heavy atom. The lowest BCUT2D eigenvalue weighted by Gasteiger charge is -2.25. The molecule has 0 spiro atoms. The van der Waals surface area contributed by atoms with Gasteiger partial charge in [-0.3, -0.25) is 9.59 Å². The highest BCUT2D eigenvalue weighted by Gasteiger charge is 2.31. The molecule has 0 radical (unpaired) electrons. The van der Waals surface area contributed by atoms with Crippen LogP contribution in [0.4, 0.5) is 10.1 Å². The van der Waals surface area contributed by atoms with E-state index in [2.05, 4.69) is 10.6 Å². The zero-order valence-electron chi connectivity index (χ0n) is 15.8. The molecule has 1 aliphatic heterocycles. The van der Waals surface area contributed by atoms with E-state index in [1.807, 2.05) is 0 Å². The Balaban J connectivity index is 1.81. The molecule has 1 aliphatic rings. The van der Waals surface area contributed by atoms with Crippen molar-refractivity contribution in [2.24, 2.45) is 0 Å². The minimum absolute atomic E-state index is 0.00641. The summed E-state index contributed by atoms with van der Waals surface area (Å²) in [5.41, 5.74) is 1.59. The zero-order chi connectivity index (χ0) is 20.3. The van der Waals surface area contributed by atoms with Gasteiger partial charge in [-0.15, -0.1) is 0 Å². The van der Waals surface area contributed by atoms with Crippen LogP contribution in [0.2, 0.25) is 0 Å². The summed E-state index contributed by atoms with van der Waals surface area (Å²) < 4.78 is 29.3. The molecule has 7 nitrogen and oxygen atoms in total. The number of nitrogens with one attached hydrogen (secondary N) is 2. The van der Waals surface area contributed by atoms with E-state index in [0.717, 1.165) is 0 Å². The second-order valence-corrected chi connectivity index (χ2v) is 6.27. The lowest BCUT2D eigenvalue weighted by atomic mass is 9.89. The van der Waals surface area contributed by atoms with Gasteiger partial charge < -0.3 is 24.8 Å². The van der Waals surface area contributed by atoms with E-state index in [4.69, 9.17) is 14.2 Å². The molecule has 0 unspecified atom stereocenters. The molecule has 0 saturated heterocycles. The number of hydrogen-bond donors (Lipinski definition) is 2. The maximum absolute atomic E-state index is 13.4. The van der Waals surface area contributed by atoms with Gasteiger partial charge in [-0.1, -0.05) is 6.07 Å². The topological polar surface area (TPSA) is 85.9 Å². The molecule has 2 aromatic rings. The van der Waals surface area contributed by atoms with Crippen molar-refractivity contribution < 1.29 is 28.2 Å². The Labute approximate surface area is 161 Å². The van der Waals surface area contributed by atoms with Gasteiger partial charge in [0.25, 0.3) is 0 Å². The van der Waals surface area contributed by atoms with Gasteiger partial charge in [0, 0.05) is 30.3 Å². The van der Waals surface area contributed by atoms with Crippen LogP contribution in [0.25, 0.3) is 0 Å². The summed E-state index contributed by atoms with van der Waals surface area (Å²) in [6.45, 7) is 0.164. The van der Waals surface area contributed by atoms with E-state index in [-0.39, 0.29) is 24.8 Å². The molecule has 2 amide bonds. The number of halogens is 1. The summed E-state index contributed by atoms with van der Waals surface area (Å²) in [5, 5.41) is 5.42. The minimum atomic E-state index is -0.699. The van der Waals surface area contributed by atoms with Gasteiger partial charge in [-0.05, 0) is 23.8 Å². The number of amides is 2. The van der Waals surface area contributed by atoms with Crippen LogP contribution in [0, 0.1) is 5.82 Å². The molecular formula is C20H21FN2O5. The summed E-state index contributed by atoms with van der Waals surface area (Å²) in [5.74, 6) is -0.297. The van der Waals surface area contributed by atoms with Crippen LogP contribution in [-0.4, -0.2) is 33.1 Å². The van der Waals surface area contributed by atoms with Gasteiger partial charge in [0.1, 0.15) is 11.6 Å². The number of methoxy groups -OCH3 is 3. The number of rotatable bonds is 6. The van der Waals surface area contributed by atoms with Gasteiger partial charge in [-0.25, -0.2) is 4.39 Å². The minimum Gasteiger partial charge on any atom is -0.496 e. The van der Waals surface area contributed by atoms with Crippen molar-refractivity contribution in [3.05, 3.63) is 47.3 Å². The predicted molar refractivity (Wildman–Crippen MR) is 100 cm³/mol. The van der Waals surface area contributed by atoms with Crippen LogP contribution >= 0.6 is 0 Å². The maximum Gasteiger partial charge on any atom is 0.228 e. The van der Waals surface area contributed by atoms with E-state index >= 15 is 0 Å². The fourth-order valence-electron chi connectivity index (χ4n) is 3.21. The molecule has 8 heteroatoms. The Hall–Kier alpha value is -3.29. The van der Waals surface area contributed by atoms with Gasteiger partial charge in [-0.2, -0.15) is 0 Å². The van der Waals surface area contributed by atoms with Gasteiger partial charge in [0.05, 0.1) is 27.2 Å². The molecular weight excluding hydrogens is 367 g/mol. The number of benzene rings is 2. The van der Waals surface area contributed by atoms with Gasteiger partial charge in [0.2, 0.25) is 11.8 Å². The van der Waals surface area contributed by atoms with Crippen LogP contribution in [0.15, 0.2) is 30.3 Å². The molecule has 2 N–H and O–H groups in total. The van der Waals surface area contributed by atoms with Crippen molar-refractivity contribution in [2.45, 2.75) is 18.9 Å². The fraction of sp³-hybridized carbons (Fsp3) is 0.300. The summed E-state index contributed by atoms with van der Waals surface area (Å²) in [6.07, 6.45) is -0.00641. The number of anilines is 1. The van der Waals surface area contributed by atoms with Crippen molar-refractivity contribution >= 4 is 17.5 Å². The molecule has 148 valence electrons. The standard InChI is InChI=1S/C20H21FN2O5/c1-26-16-9-18(28-3)17(27-2)6-11(16)10-22-20(25)14-8-19(24)23-15-7-12(21)4-5-13(14)15/h4-7,9,14H,8,10H2,1-3H3,(H,22,25)(H,23,24)/t14-/m1/s1. The fourth-order valence-corrected chi connectivity index (χ4v) is 3.21. The van der Waals surface area contributed by atoms with Crippen LogP contribution in [-0.2, 0) is 16.1 Å². The molecule has 28 heavy (non-hydrogen) atoms. The average Bonchev–Trinajstić information content (AvgIpc) is 2.70. The molecule has 1 heterocycles. The lowest BCUT2D eigenvalue weighted by Crippen LogP contribution is -2.34. The molecule has 3 rings (SSSR count). The number of carbonyl (C=O) groups excluding carboxylic acids is 2. The third-order valence-electron chi connectivity index (χ3n) is 4.61.